The van der Waals surface area contributed by atoms with Crippen LogP contribution in [0.5, 0.6) is 0 Å². The van der Waals surface area contributed by atoms with Crippen LogP contribution in [0.15, 0.2) is 76.5 Å². The minimum atomic E-state index is 0.447. The van der Waals surface area contributed by atoms with Crippen LogP contribution in [-0.4, -0.2) is 19.0 Å². The number of benzene rings is 3. The summed E-state index contributed by atoms with van der Waals surface area (Å²) in [5.41, 5.74) is 7.34. The second kappa shape index (κ2) is 8.55. The summed E-state index contributed by atoms with van der Waals surface area (Å²) in [4.78, 5) is 5.05. The first-order chi connectivity index (χ1) is 13.6. The van der Waals surface area contributed by atoms with Crippen LogP contribution in [0.25, 0.3) is 0 Å². The van der Waals surface area contributed by atoms with E-state index < -0.39 is 0 Å². The molecule has 0 spiro atoms. The van der Waals surface area contributed by atoms with Crippen molar-refractivity contribution in [3.63, 3.8) is 0 Å². The van der Waals surface area contributed by atoms with Crippen LogP contribution in [0, 0.1) is 0 Å². The number of rotatable bonds is 4. The highest BCUT2D eigenvalue weighted by Crippen LogP contribution is 2.33. The maximum absolute atomic E-state index is 2.46. The molecular weight excluding hydrogens is 358 g/mol. The highest BCUT2D eigenvalue weighted by molar-refractivity contribution is 7.99. The van der Waals surface area contributed by atoms with Crippen LogP contribution in [-0.2, 0) is 25.7 Å². The van der Waals surface area contributed by atoms with Crippen LogP contribution in [0.3, 0.4) is 0 Å². The number of nitrogens with zero attached hydrogens (tertiary/aromatic N) is 1. The highest BCUT2D eigenvalue weighted by Gasteiger charge is 2.16. The van der Waals surface area contributed by atoms with Gasteiger partial charge in [-0.05, 0) is 92.7 Å². The normalized spacial score (nSPS) is 14.7. The van der Waals surface area contributed by atoms with Crippen molar-refractivity contribution < 1.29 is 0 Å². The van der Waals surface area contributed by atoms with Gasteiger partial charge in [0, 0.05) is 15.8 Å². The predicted octanol–water partition coefficient (Wildman–Crippen LogP) is 6.34. The molecule has 0 unspecified atom stereocenters. The van der Waals surface area contributed by atoms with Crippen molar-refractivity contribution in [2.24, 2.45) is 0 Å². The summed E-state index contributed by atoms with van der Waals surface area (Å²) in [6.45, 7) is 2.32. The van der Waals surface area contributed by atoms with Crippen LogP contribution in [0.1, 0.15) is 40.8 Å². The monoisotopic (exact) mass is 387 g/mol. The number of hydrogen-bond acceptors (Lipinski definition) is 2. The van der Waals surface area contributed by atoms with Gasteiger partial charge in [-0.15, -0.1) is 0 Å². The summed E-state index contributed by atoms with van der Waals surface area (Å²) in [6.07, 6.45) is 4.37. The summed E-state index contributed by atoms with van der Waals surface area (Å²) in [5.74, 6) is 0. The van der Waals surface area contributed by atoms with Crippen LogP contribution < -0.4 is 0 Å². The molecule has 0 saturated heterocycles. The third-order valence-electron chi connectivity index (χ3n) is 5.90. The third kappa shape index (κ3) is 4.34. The second-order valence-electron chi connectivity index (χ2n) is 8.03. The fourth-order valence-corrected chi connectivity index (χ4v) is 4.98. The highest BCUT2D eigenvalue weighted by atomic mass is 32.2. The Kier molecular flexibility index (Phi) is 5.89. The van der Waals surface area contributed by atoms with Gasteiger partial charge in [0.1, 0.15) is 0 Å². The molecule has 0 radical (unpaired) electrons. The Bertz CT molecular complexity index is 946. The molecule has 28 heavy (non-hydrogen) atoms. The smallest absolute Gasteiger partial charge is 0.0316 e. The molecule has 3 aromatic rings. The Morgan fingerprint density at radius 1 is 0.750 bits per heavy atom. The fourth-order valence-electron chi connectivity index (χ4n) is 3.92. The van der Waals surface area contributed by atoms with Gasteiger partial charge < -0.3 is 4.90 Å². The first-order valence-corrected chi connectivity index (χ1v) is 11.0. The van der Waals surface area contributed by atoms with E-state index in [-0.39, 0.29) is 0 Å². The molecule has 1 atom stereocenters. The molecule has 0 saturated carbocycles. The molecule has 2 heteroatoms. The average molecular weight is 388 g/mol. The Labute approximate surface area is 173 Å². The van der Waals surface area contributed by atoms with Gasteiger partial charge in [0.15, 0.2) is 0 Å². The zero-order valence-corrected chi connectivity index (χ0v) is 17.9. The second-order valence-corrected chi connectivity index (χ2v) is 9.15. The molecule has 0 fully saturated rings. The zero-order valence-electron chi connectivity index (χ0n) is 17.1. The molecule has 4 bridgehead atoms. The zero-order chi connectivity index (χ0) is 19.5. The molecule has 1 nitrogen and oxygen atoms in total. The van der Waals surface area contributed by atoms with E-state index in [9.17, 15) is 0 Å². The molecule has 0 aromatic heterocycles. The van der Waals surface area contributed by atoms with Crippen molar-refractivity contribution in [2.45, 2.75) is 48.4 Å². The molecule has 4 aliphatic carbocycles. The number of aryl methyl sites for hydroxylation is 4. The number of hydrogen-bond donors (Lipinski definition) is 0. The molecule has 4 aliphatic rings. The van der Waals surface area contributed by atoms with E-state index in [2.05, 4.69) is 92.6 Å². The van der Waals surface area contributed by atoms with Crippen LogP contribution in [0.2, 0.25) is 0 Å². The van der Waals surface area contributed by atoms with E-state index in [1.165, 1.54) is 37.6 Å². The van der Waals surface area contributed by atoms with Gasteiger partial charge in [-0.1, -0.05) is 60.3 Å². The van der Waals surface area contributed by atoms with Gasteiger partial charge in [0.25, 0.3) is 0 Å². The summed E-state index contributed by atoms with van der Waals surface area (Å²) in [5, 5.41) is 0. The molecule has 0 amide bonds. The maximum atomic E-state index is 2.46. The summed E-state index contributed by atoms with van der Waals surface area (Å²) in [6, 6.07) is 25.5. The topological polar surface area (TPSA) is 3.24 Å². The van der Waals surface area contributed by atoms with Gasteiger partial charge in [0.2, 0.25) is 0 Å². The standard InChI is InChI=1S/C26H29NS/c1-19(27(2)3)25-17-20-9-13-22(25)14-10-21-12-16-23(15-11-20)26(18-21)28-24-7-5-4-6-8-24/h4-9,12-13,16-19H,10-11,14-15H2,1-3H3/t19-/m1/s1. The molecule has 0 N–H and O–H groups in total. The first-order valence-electron chi connectivity index (χ1n) is 10.2. The lowest BCUT2D eigenvalue weighted by molar-refractivity contribution is 0.319. The summed E-state index contributed by atoms with van der Waals surface area (Å²) < 4.78 is 0. The molecule has 144 valence electrons. The molecule has 0 heterocycles. The molecule has 3 aromatic carbocycles. The lowest BCUT2D eigenvalue weighted by atomic mass is 9.90. The van der Waals surface area contributed by atoms with E-state index in [4.69, 9.17) is 0 Å². The minimum absolute atomic E-state index is 0.447. The van der Waals surface area contributed by atoms with E-state index in [1.54, 1.807) is 0 Å². The predicted molar refractivity (Wildman–Crippen MR) is 120 cm³/mol. The van der Waals surface area contributed by atoms with E-state index in [1.807, 2.05) is 11.8 Å². The van der Waals surface area contributed by atoms with Crippen molar-refractivity contribution in [3.05, 3.63) is 94.5 Å². The lowest BCUT2D eigenvalue weighted by Crippen LogP contribution is -2.19. The van der Waals surface area contributed by atoms with Crippen molar-refractivity contribution >= 4 is 11.8 Å². The van der Waals surface area contributed by atoms with Crippen molar-refractivity contribution in [3.8, 4) is 0 Å². The Balaban J connectivity index is 1.67. The third-order valence-corrected chi connectivity index (χ3v) is 7.01. The minimum Gasteiger partial charge on any atom is -0.303 e. The summed E-state index contributed by atoms with van der Waals surface area (Å²) >= 11 is 1.90. The van der Waals surface area contributed by atoms with E-state index in [0.717, 1.165) is 25.7 Å². The SMILES string of the molecule is C[C@H](c1cc2ccc1CCc1ccc(c(Sc3ccccc3)c1)CC2)N(C)C. The van der Waals surface area contributed by atoms with Gasteiger partial charge in [0.05, 0.1) is 0 Å². The fraction of sp³-hybridized carbons (Fsp3) is 0.308. The van der Waals surface area contributed by atoms with Crippen molar-refractivity contribution in [1.29, 1.82) is 0 Å². The molecular formula is C26H29NS. The van der Waals surface area contributed by atoms with Crippen molar-refractivity contribution in [2.75, 3.05) is 14.1 Å². The lowest BCUT2D eigenvalue weighted by Gasteiger charge is -2.24. The Morgan fingerprint density at radius 2 is 1.39 bits per heavy atom. The van der Waals surface area contributed by atoms with Crippen molar-refractivity contribution in [1.82, 2.24) is 4.90 Å². The molecule has 7 rings (SSSR count). The first kappa shape index (κ1) is 19.3. The van der Waals surface area contributed by atoms with Crippen LogP contribution in [0.4, 0.5) is 0 Å². The quantitative estimate of drug-likeness (QED) is 0.513. The van der Waals surface area contributed by atoms with Gasteiger partial charge in [-0.2, -0.15) is 0 Å². The van der Waals surface area contributed by atoms with E-state index >= 15 is 0 Å². The van der Waals surface area contributed by atoms with E-state index in [0.29, 0.717) is 6.04 Å². The van der Waals surface area contributed by atoms with Crippen LogP contribution >= 0.6 is 11.8 Å². The largest absolute Gasteiger partial charge is 0.303 e. The molecule has 0 aliphatic heterocycles. The Morgan fingerprint density at radius 3 is 2.11 bits per heavy atom. The maximum Gasteiger partial charge on any atom is 0.0316 e. The van der Waals surface area contributed by atoms with Gasteiger partial charge in [-0.3, -0.25) is 0 Å². The van der Waals surface area contributed by atoms with Gasteiger partial charge >= 0.3 is 0 Å². The summed E-state index contributed by atoms with van der Waals surface area (Å²) in [7, 11) is 4.35. The Hall–Kier alpha value is -2.03. The average Bonchev–Trinajstić information content (AvgIpc) is 2.70. The van der Waals surface area contributed by atoms with Gasteiger partial charge in [-0.25, -0.2) is 0 Å².